The summed E-state index contributed by atoms with van der Waals surface area (Å²) in [7, 11) is 0. The summed E-state index contributed by atoms with van der Waals surface area (Å²) in [6.07, 6.45) is 1.15. The number of amides is 3. The van der Waals surface area contributed by atoms with E-state index in [-0.39, 0.29) is 23.8 Å². The molecule has 174 valence electrons. The van der Waals surface area contributed by atoms with E-state index in [9.17, 15) is 14.9 Å². The van der Waals surface area contributed by atoms with Crippen molar-refractivity contribution in [2.24, 2.45) is 11.8 Å². The summed E-state index contributed by atoms with van der Waals surface area (Å²) in [6.45, 7) is 7.60. The number of anilines is 1. The summed E-state index contributed by atoms with van der Waals surface area (Å²) >= 11 is 0. The van der Waals surface area contributed by atoms with Gasteiger partial charge < -0.3 is 20.3 Å². The highest BCUT2D eigenvalue weighted by Crippen LogP contribution is 2.24. The Morgan fingerprint density at radius 2 is 1.91 bits per heavy atom. The molecule has 1 fully saturated rings. The Morgan fingerprint density at radius 1 is 1.18 bits per heavy atom. The molecule has 2 aromatic carbocycles. The number of urea groups is 1. The van der Waals surface area contributed by atoms with Crippen LogP contribution >= 0.6 is 0 Å². The van der Waals surface area contributed by atoms with Crippen molar-refractivity contribution in [3.8, 4) is 11.8 Å². The van der Waals surface area contributed by atoms with Gasteiger partial charge in [-0.25, -0.2) is 4.79 Å². The maximum Gasteiger partial charge on any atom is 0.319 e. The molecule has 7 heteroatoms. The van der Waals surface area contributed by atoms with Gasteiger partial charge in [0.1, 0.15) is 11.8 Å². The molecule has 1 aliphatic rings. The molecular formula is C26H32N4O3. The molecule has 0 aromatic heterocycles. The number of carbonyl (C=O) groups excluding carboxylic acids is 2. The van der Waals surface area contributed by atoms with Crippen LogP contribution in [0.3, 0.4) is 0 Å². The van der Waals surface area contributed by atoms with Crippen LogP contribution in [0, 0.1) is 30.1 Å². The highest BCUT2D eigenvalue weighted by molar-refractivity contribution is 5.89. The second-order valence-corrected chi connectivity index (χ2v) is 8.88. The van der Waals surface area contributed by atoms with Crippen molar-refractivity contribution in [1.82, 2.24) is 10.2 Å². The van der Waals surface area contributed by atoms with Gasteiger partial charge in [0.05, 0.1) is 5.56 Å². The van der Waals surface area contributed by atoms with Crippen LogP contribution in [-0.2, 0) is 4.79 Å². The van der Waals surface area contributed by atoms with Crippen LogP contribution in [0.4, 0.5) is 10.5 Å². The molecule has 0 spiro atoms. The Bertz CT molecular complexity index is 997. The maximum atomic E-state index is 13.3. The number of hydrogen-bond acceptors (Lipinski definition) is 4. The van der Waals surface area contributed by atoms with Gasteiger partial charge in [-0.1, -0.05) is 43.7 Å². The summed E-state index contributed by atoms with van der Waals surface area (Å²) in [5.74, 6) is 0.468. The smallest absolute Gasteiger partial charge is 0.319 e. The first-order valence-electron chi connectivity index (χ1n) is 11.4. The minimum atomic E-state index is -0.670. The minimum absolute atomic E-state index is 0.0527. The number of carbonyl (C=O) groups is 2. The number of nitriles is 1. The zero-order valence-electron chi connectivity index (χ0n) is 19.5. The molecule has 3 rings (SSSR count). The third-order valence-electron chi connectivity index (χ3n) is 5.80. The van der Waals surface area contributed by atoms with E-state index in [4.69, 9.17) is 4.74 Å². The van der Waals surface area contributed by atoms with E-state index in [1.165, 1.54) is 0 Å². The highest BCUT2D eigenvalue weighted by Gasteiger charge is 2.32. The zero-order valence-corrected chi connectivity index (χ0v) is 19.5. The van der Waals surface area contributed by atoms with Gasteiger partial charge in [0.2, 0.25) is 0 Å². The van der Waals surface area contributed by atoms with Gasteiger partial charge in [-0.2, -0.15) is 5.26 Å². The van der Waals surface area contributed by atoms with Crippen molar-refractivity contribution in [2.45, 2.75) is 39.7 Å². The van der Waals surface area contributed by atoms with E-state index >= 15 is 0 Å². The second kappa shape index (κ2) is 11.4. The molecule has 2 unspecified atom stereocenters. The number of nitrogens with zero attached hydrogens (tertiary/aromatic N) is 2. The van der Waals surface area contributed by atoms with E-state index < -0.39 is 6.10 Å². The molecule has 1 heterocycles. The molecule has 0 radical (unpaired) electrons. The lowest BCUT2D eigenvalue weighted by Gasteiger charge is -2.36. The van der Waals surface area contributed by atoms with Crippen molar-refractivity contribution in [3.05, 3.63) is 59.7 Å². The minimum Gasteiger partial charge on any atom is -0.479 e. The SMILES string of the molecule is Cc1ccc(NC(=O)NCC2CCCN(C(=O)C(Oc3ccccc3C#N)C(C)C)C2)cc1. The number of nitrogens with one attached hydrogen (secondary N) is 2. The first-order valence-corrected chi connectivity index (χ1v) is 11.4. The van der Waals surface area contributed by atoms with Gasteiger partial charge in [-0.15, -0.1) is 0 Å². The molecular weight excluding hydrogens is 416 g/mol. The summed E-state index contributed by atoms with van der Waals surface area (Å²) in [4.78, 5) is 27.4. The number of rotatable bonds is 7. The predicted molar refractivity (Wildman–Crippen MR) is 128 cm³/mol. The Hall–Kier alpha value is -3.53. The van der Waals surface area contributed by atoms with Gasteiger partial charge in [-0.3, -0.25) is 4.79 Å². The number of hydrogen-bond donors (Lipinski definition) is 2. The molecule has 0 bridgehead atoms. The molecule has 2 atom stereocenters. The Kier molecular flexibility index (Phi) is 8.31. The number of aryl methyl sites for hydroxylation is 1. The fourth-order valence-electron chi connectivity index (χ4n) is 3.93. The molecule has 1 saturated heterocycles. The lowest BCUT2D eigenvalue weighted by atomic mass is 9.96. The van der Waals surface area contributed by atoms with Crippen LogP contribution in [-0.4, -0.2) is 42.6 Å². The van der Waals surface area contributed by atoms with Crippen molar-refractivity contribution < 1.29 is 14.3 Å². The molecule has 1 aliphatic heterocycles. The van der Waals surface area contributed by atoms with Gasteiger partial charge >= 0.3 is 6.03 Å². The molecule has 3 amide bonds. The Morgan fingerprint density at radius 3 is 2.61 bits per heavy atom. The predicted octanol–water partition coefficient (Wildman–Crippen LogP) is 4.33. The van der Waals surface area contributed by atoms with Crippen LogP contribution in [0.25, 0.3) is 0 Å². The van der Waals surface area contributed by atoms with Crippen LogP contribution in [0.2, 0.25) is 0 Å². The van der Waals surface area contributed by atoms with Gasteiger partial charge in [-0.05, 0) is 55.9 Å². The summed E-state index contributed by atoms with van der Waals surface area (Å²) in [6, 6.07) is 16.5. The van der Waals surface area contributed by atoms with Crippen LogP contribution < -0.4 is 15.4 Å². The van der Waals surface area contributed by atoms with Crippen LogP contribution in [0.1, 0.15) is 37.8 Å². The van der Waals surface area contributed by atoms with Crippen molar-refractivity contribution in [2.75, 3.05) is 25.0 Å². The number of ether oxygens (including phenoxy) is 1. The first kappa shape index (κ1) is 24.1. The highest BCUT2D eigenvalue weighted by atomic mass is 16.5. The zero-order chi connectivity index (χ0) is 23.8. The first-order chi connectivity index (χ1) is 15.9. The van der Waals surface area contributed by atoms with Gasteiger partial charge in [0.25, 0.3) is 5.91 Å². The Balaban J connectivity index is 1.56. The fraction of sp³-hybridized carbons (Fsp3) is 0.423. The third-order valence-corrected chi connectivity index (χ3v) is 5.80. The largest absolute Gasteiger partial charge is 0.479 e. The molecule has 2 aromatic rings. The van der Waals surface area contributed by atoms with Gasteiger partial charge in [0.15, 0.2) is 6.10 Å². The topological polar surface area (TPSA) is 94.5 Å². The second-order valence-electron chi connectivity index (χ2n) is 8.88. The fourth-order valence-corrected chi connectivity index (χ4v) is 3.93. The molecule has 0 aliphatic carbocycles. The number of para-hydroxylation sites is 1. The van der Waals surface area contributed by atoms with E-state index in [1.54, 1.807) is 24.3 Å². The Labute approximate surface area is 195 Å². The molecule has 7 nitrogen and oxygen atoms in total. The standard InChI is InChI=1S/C26H32N4O3/c1-18(2)24(33-23-9-5-4-8-21(23)15-27)25(31)30-14-6-7-20(17-30)16-28-26(32)29-22-12-10-19(3)11-13-22/h4-5,8-13,18,20,24H,6-7,14,16-17H2,1-3H3,(H2,28,29,32). The van der Waals surface area contributed by atoms with Gasteiger partial charge in [0, 0.05) is 25.3 Å². The molecule has 33 heavy (non-hydrogen) atoms. The molecule has 2 N–H and O–H groups in total. The third kappa shape index (κ3) is 6.72. The lowest BCUT2D eigenvalue weighted by molar-refractivity contribution is -0.142. The number of piperidine rings is 1. The monoisotopic (exact) mass is 448 g/mol. The van der Waals surface area contributed by atoms with Crippen molar-refractivity contribution >= 4 is 17.6 Å². The number of benzene rings is 2. The average molecular weight is 449 g/mol. The quantitative estimate of drug-likeness (QED) is 0.659. The maximum absolute atomic E-state index is 13.3. The molecule has 0 saturated carbocycles. The van der Waals surface area contributed by atoms with Crippen LogP contribution in [0.5, 0.6) is 5.75 Å². The average Bonchev–Trinajstić information content (AvgIpc) is 2.82. The lowest BCUT2D eigenvalue weighted by Crippen LogP contribution is -2.50. The van der Waals surface area contributed by atoms with E-state index in [2.05, 4.69) is 16.7 Å². The van der Waals surface area contributed by atoms with Crippen molar-refractivity contribution in [1.29, 1.82) is 5.26 Å². The van der Waals surface area contributed by atoms with E-state index in [0.717, 1.165) is 24.1 Å². The summed E-state index contributed by atoms with van der Waals surface area (Å²) in [5, 5.41) is 15.1. The van der Waals surface area contributed by atoms with E-state index in [1.807, 2.05) is 49.9 Å². The van der Waals surface area contributed by atoms with E-state index in [0.29, 0.717) is 30.9 Å². The summed E-state index contributed by atoms with van der Waals surface area (Å²) < 4.78 is 6.03. The number of likely N-dealkylation sites (tertiary alicyclic amines) is 1. The van der Waals surface area contributed by atoms with Crippen molar-refractivity contribution in [3.63, 3.8) is 0 Å². The summed E-state index contributed by atoms with van der Waals surface area (Å²) in [5.41, 5.74) is 2.29. The van der Waals surface area contributed by atoms with Crippen LogP contribution in [0.15, 0.2) is 48.5 Å². The normalized spacial score (nSPS) is 16.6.